The van der Waals surface area contributed by atoms with Crippen LogP contribution in [0.15, 0.2) is 33.7 Å². The van der Waals surface area contributed by atoms with Crippen LogP contribution in [0.25, 0.3) is 11.0 Å². The number of esters is 1. The first-order valence-electron chi connectivity index (χ1n) is 6.00. The Balaban J connectivity index is 2.15. The quantitative estimate of drug-likeness (QED) is 0.812. The van der Waals surface area contributed by atoms with Crippen LogP contribution < -0.4 is 10.2 Å². The zero-order valence-electron chi connectivity index (χ0n) is 11.0. The Morgan fingerprint density at radius 2 is 2.15 bits per heavy atom. The summed E-state index contributed by atoms with van der Waals surface area (Å²) in [4.78, 5) is 23.1. The minimum absolute atomic E-state index is 0.0201. The number of benzene rings is 1. The van der Waals surface area contributed by atoms with E-state index in [4.69, 9.17) is 25.5 Å². The molecule has 0 bridgehead atoms. The molecule has 0 atom stereocenters. The number of halogens is 1. The van der Waals surface area contributed by atoms with Gasteiger partial charge in [0, 0.05) is 6.07 Å². The Morgan fingerprint density at radius 1 is 1.40 bits per heavy atom. The third-order valence-corrected chi connectivity index (χ3v) is 2.69. The molecule has 6 heteroatoms. The second kappa shape index (κ2) is 5.96. The lowest BCUT2D eigenvalue weighted by molar-refractivity contribution is -0.149. The van der Waals surface area contributed by atoms with Gasteiger partial charge in [0.05, 0.1) is 11.5 Å². The van der Waals surface area contributed by atoms with Gasteiger partial charge in [0.1, 0.15) is 22.6 Å². The Hall–Kier alpha value is -2.01. The third-order valence-electron chi connectivity index (χ3n) is 2.43. The summed E-state index contributed by atoms with van der Waals surface area (Å²) in [5.74, 6) is -0.0543. The van der Waals surface area contributed by atoms with Gasteiger partial charge in [0.15, 0.2) is 6.61 Å². The normalized spacial score (nSPS) is 10.8. The Labute approximate surface area is 120 Å². The maximum absolute atomic E-state index is 11.7. The highest BCUT2D eigenvalue weighted by molar-refractivity contribution is 6.30. The fourth-order valence-electron chi connectivity index (χ4n) is 1.61. The number of carbonyl (C=O) groups excluding carboxylic acids is 1. The highest BCUT2D eigenvalue weighted by atomic mass is 35.5. The SMILES string of the molecule is CC(C)OC(=O)COc1ccc2c(=O)c(Cl)coc2c1. The molecule has 0 saturated heterocycles. The van der Waals surface area contributed by atoms with Crippen LogP contribution in [0.3, 0.4) is 0 Å². The van der Waals surface area contributed by atoms with Gasteiger partial charge in [0.25, 0.3) is 0 Å². The monoisotopic (exact) mass is 296 g/mol. The molecule has 0 spiro atoms. The summed E-state index contributed by atoms with van der Waals surface area (Å²) >= 11 is 5.68. The molecule has 0 unspecified atom stereocenters. The van der Waals surface area contributed by atoms with Gasteiger partial charge in [-0.2, -0.15) is 0 Å². The van der Waals surface area contributed by atoms with Crippen LogP contribution in [0.5, 0.6) is 5.75 Å². The number of carbonyl (C=O) groups is 1. The molecule has 0 aliphatic heterocycles. The lowest BCUT2D eigenvalue weighted by Crippen LogP contribution is -2.18. The fraction of sp³-hybridized carbons (Fsp3) is 0.286. The summed E-state index contributed by atoms with van der Waals surface area (Å²) in [5.41, 5.74) is 0.0350. The first kappa shape index (κ1) is 14.4. The van der Waals surface area contributed by atoms with Gasteiger partial charge >= 0.3 is 5.97 Å². The molecule has 2 rings (SSSR count). The predicted octanol–water partition coefficient (Wildman–Crippen LogP) is 2.78. The van der Waals surface area contributed by atoms with Crippen molar-refractivity contribution < 1.29 is 18.7 Å². The molecule has 1 aromatic carbocycles. The van der Waals surface area contributed by atoms with Crippen LogP contribution in [-0.2, 0) is 9.53 Å². The Kier molecular flexibility index (Phi) is 4.29. The number of fused-ring (bicyclic) bond motifs is 1. The second-order valence-electron chi connectivity index (χ2n) is 4.40. The smallest absolute Gasteiger partial charge is 0.344 e. The molecule has 1 heterocycles. The number of hydrogen-bond donors (Lipinski definition) is 0. The van der Waals surface area contributed by atoms with Crippen molar-refractivity contribution in [3.63, 3.8) is 0 Å². The van der Waals surface area contributed by atoms with Gasteiger partial charge in [-0.15, -0.1) is 0 Å². The predicted molar refractivity (Wildman–Crippen MR) is 74.2 cm³/mol. The Morgan fingerprint density at radius 3 is 2.85 bits per heavy atom. The minimum Gasteiger partial charge on any atom is -0.482 e. The topological polar surface area (TPSA) is 65.7 Å². The van der Waals surface area contributed by atoms with E-state index in [1.54, 1.807) is 19.9 Å². The zero-order chi connectivity index (χ0) is 14.7. The van der Waals surface area contributed by atoms with E-state index in [2.05, 4.69) is 0 Å². The third kappa shape index (κ3) is 3.30. The average molecular weight is 297 g/mol. The summed E-state index contributed by atoms with van der Waals surface area (Å²) in [6, 6.07) is 4.63. The van der Waals surface area contributed by atoms with Crippen molar-refractivity contribution in [2.24, 2.45) is 0 Å². The van der Waals surface area contributed by atoms with Crippen LogP contribution in [0, 0.1) is 0 Å². The van der Waals surface area contributed by atoms with Crippen molar-refractivity contribution in [3.8, 4) is 5.75 Å². The number of hydrogen-bond acceptors (Lipinski definition) is 5. The molecule has 0 fully saturated rings. The van der Waals surface area contributed by atoms with Gasteiger partial charge in [-0.3, -0.25) is 4.79 Å². The van der Waals surface area contributed by atoms with E-state index in [-0.39, 0.29) is 23.2 Å². The average Bonchev–Trinajstić information content (AvgIpc) is 2.40. The van der Waals surface area contributed by atoms with E-state index in [9.17, 15) is 9.59 Å². The molecule has 1 aromatic heterocycles. The van der Waals surface area contributed by atoms with Crippen LogP contribution in [-0.4, -0.2) is 18.7 Å². The summed E-state index contributed by atoms with van der Waals surface area (Å²) in [7, 11) is 0. The molecule has 20 heavy (non-hydrogen) atoms. The van der Waals surface area contributed by atoms with Crippen molar-refractivity contribution >= 4 is 28.5 Å². The van der Waals surface area contributed by atoms with E-state index in [1.165, 1.54) is 18.4 Å². The van der Waals surface area contributed by atoms with Crippen molar-refractivity contribution in [3.05, 3.63) is 39.7 Å². The highest BCUT2D eigenvalue weighted by Crippen LogP contribution is 2.20. The number of rotatable bonds is 4. The second-order valence-corrected chi connectivity index (χ2v) is 4.81. The minimum atomic E-state index is -0.461. The van der Waals surface area contributed by atoms with E-state index in [1.807, 2.05) is 0 Å². The summed E-state index contributed by atoms with van der Waals surface area (Å²) in [6.45, 7) is 3.31. The van der Waals surface area contributed by atoms with Gasteiger partial charge in [-0.1, -0.05) is 11.6 Å². The zero-order valence-corrected chi connectivity index (χ0v) is 11.8. The largest absolute Gasteiger partial charge is 0.482 e. The van der Waals surface area contributed by atoms with E-state index < -0.39 is 5.97 Å². The molecule has 0 aliphatic rings. The lowest BCUT2D eigenvalue weighted by Gasteiger charge is -2.09. The highest BCUT2D eigenvalue weighted by Gasteiger charge is 2.09. The summed E-state index contributed by atoms with van der Waals surface area (Å²) in [6.07, 6.45) is 0.978. The molecule has 0 radical (unpaired) electrons. The van der Waals surface area contributed by atoms with Crippen molar-refractivity contribution in [1.82, 2.24) is 0 Å². The molecular formula is C14H13ClO5. The first-order valence-corrected chi connectivity index (χ1v) is 6.38. The van der Waals surface area contributed by atoms with Crippen LogP contribution in [0.4, 0.5) is 0 Å². The van der Waals surface area contributed by atoms with E-state index in [0.717, 1.165) is 0 Å². The van der Waals surface area contributed by atoms with Crippen molar-refractivity contribution in [2.45, 2.75) is 20.0 Å². The molecule has 5 nitrogen and oxygen atoms in total. The molecular weight excluding hydrogens is 284 g/mol. The van der Waals surface area contributed by atoms with Crippen molar-refractivity contribution in [2.75, 3.05) is 6.61 Å². The molecule has 106 valence electrons. The fourth-order valence-corrected chi connectivity index (χ4v) is 1.76. The summed E-state index contributed by atoms with van der Waals surface area (Å²) < 4.78 is 15.4. The lowest BCUT2D eigenvalue weighted by atomic mass is 10.2. The molecule has 0 N–H and O–H groups in total. The van der Waals surface area contributed by atoms with E-state index in [0.29, 0.717) is 16.7 Å². The summed E-state index contributed by atoms with van der Waals surface area (Å²) in [5, 5.41) is 0.376. The van der Waals surface area contributed by atoms with Gasteiger partial charge < -0.3 is 13.9 Å². The van der Waals surface area contributed by atoms with Crippen molar-refractivity contribution in [1.29, 1.82) is 0 Å². The Bertz CT molecular complexity index is 690. The van der Waals surface area contributed by atoms with Crippen LogP contribution in [0.2, 0.25) is 5.02 Å². The molecule has 0 aliphatic carbocycles. The maximum Gasteiger partial charge on any atom is 0.344 e. The maximum atomic E-state index is 11.7. The molecule has 0 saturated carbocycles. The standard InChI is InChI=1S/C14H13ClO5/c1-8(2)20-13(16)7-18-9-3-4-10-12(5-9)19-6-11(15)14(10)17/h3-6,8H,7H2,1-2H3. The first-order chi connectivity index (χ1) is 9.47. The molecule has 2 aromatic rings. The van der Waals surface area contributed by atoms with Gasteiger partial charge in [-0.05, 0) is 26.0 Å². The number of ether oxygens (including phenoxy) is 2. The van der Waals surface area contributed by atoms with Gasteiger partial charge in [-0.25, -0.2) is 4.79 Å². The van der Waals surface area contributed by atoms with Crippen LogP contribution in [0.1, 0.15) is 13.8 Å². The van der Waals surface area contributed by atoms with E-state index >= 15 is 0 Å². The van der Waals surface area contributed by atoms with Crippen LogP contribution >= 0.6 is 11.6 Å². The van der Waals surface area contributed by atoms with Gasteiger partial charge in [0.2, 0.25) is 5.43 Å². The molecule has 0 amide bonds.